The number of hydrogen-bond acceptors (Lipinski definition) is 4. The van der Waals surface area contributed by atoms with Crippen LogP contribution in [-0.2, 0) is 9.59 Å². The molecule has 4 nitrogen and oxygen atoms in total. The Kier molecular flexibility index (Phi) is 2.80. The van der Waals surface area contributed by atoms with Crippen molar-refractivity contribution in [1.82, 2.24) is 0 Å². The number of hydrogen-bond donors (Lipinski definition) is 1. The summed E-state index contributed by atoms with van der Waals surface area (Å²) in [6, 6.07) is 5.59. The van der Waals surface area contributed by atoms with Gasteiger partial charge in [0.1, 0.15) is 11.7 Å². The first-order valence-electron chi connectivity index (χ1n) is 8.03. The molecule has 2 unspecified atom stereocenters. The minimum absolute atomic E-state index is 0.00899. The molecule has 22 heavy (non-hydrogen) atoms. The second-order valence-corrected chi connectivity index (χ2v) is 7.58. The zero-order valence-electron chi connectivity index (χ0n) is 13.0. The highest BCUT2D eigenvalue weighted by Crippen LogP contribution is 2.60. The minimum Gasteiger partial charge on any atom is -0.412 e. The molecule has 0 radical (unpaired) electrons. The van der Waals surface area contributed by atoms with Crippen molar-refractivity contribution in [2.75, 3.05) is 0 Å². The van der Waals surface area contributed by atoms with E-state index in [-0.39, 0.29) is 28.8 Å². The SMILES string of the molecule is CC1(C)C2CC1C(=O)C(c1cc(ON)ccc1C1CC1)C2=O. The molecule has 0 aliphatic heterocycles. The molecule has 0 amide bonds. The van der Waals surface area contributed by atoms with Gasteiger partial charge in [0, 0.05) is 11.8 Å². The fourth-order valence-electron chi connectivity index (χ4n) is 4.38. The number of ketones is 2. The lowest BCUT2D eigenvalue weighted by Gasteiger charge is -2.56. The molecular weight excluding hydrogens is 278 g/mol. The second kappa shape index (κ2) is 4.42. The van der Waals surface area contributed by atoms with Crippen LogP contribution in [0.5, 0.6) is 5.75 Å². The van der Waals surface area contributed by atoms with E-state index in [0.717, 1.165) is 30.4 Å². The molecule has 4 aliphatic rings. The fraction of sp³-hybridized carbons (Fsp3) is 0.556. The van der Waals surface area contributed by atoms with Crippen molar-refractivity contribution in [3.8, 4) is 5.75 Å². The Morgan fingerprint density at radius 1 is 1.09 bits per heavy atom. The first kappa shape index (κ1) is 13.9. The molecule has 0 spiro atoms. The Bertz CT molecular complexity index is 651. The van der Waals surface area contributed by atoms with Crippen LogP contribution in [0, 0.1) is 17.3 Å². The molecule has 4 fully saturated rings. The fourth-order valence-corrected chi connectivity index (χ4v) is 4.38. The van der Waals surface area contributed by atoms with Gasteiger partial charge < -0.3 is 4.84 Å². The van der Waals surface area contributed by atoms with Crippen molar-refractivity contribution >= 4 is 11.6 Å². The maximum absolute atomic E-state index is 12.9. The van der Waals surface area contributed by atoms with Crippen molar-refractivity contribution in [1.29, 1.82) is 0 Å². The highest BCUT2D eigenvalue weighted by Gasteiger charge is 2.62. The summed E-state index contributed by atoms with van der Waals surface area (Å²) in [7, 11) is 0. The van der Waals surface area contributed by atoms with Crippen molar-refractivity contribution in [3.63, 3.8) is 0 Å². The lowest BCUT2D eigenvalue weighted by Crippen LogP contribution is -2.60. The third-order valence-electron chi connectivity index (χ3n) is 6.05. The number of carbonyl (C=O) groups is 2. The molecule has 1 aromatic carbocycles. The molecule has 2 bridgehead atoms. The molecular formula is C18H21NO3. The van der Waals surface area contributed by atoms with E-state index in [1.54, 1.807) is 6.07 Å². The molecule has 0 heterocycles. The van der Waals surface area contributed by atoms with Crippen molar-refractivity contribution in [3.05, 3.63) is 29.3 Å². The largest absolute Gasteiger partial charge is 0.412 e. The Morgan fingerprint density at radius 3 is 2.23 bits per heavy atom. The molecule has 4 aliphatic carbocycles. The Morgan fingerprint density at radius 2 is 1.73 bits per heavy atom. The van der Waals surface area contributed by atoms with E-state index in [4.69, 9.17) is 10.7 Å². The lowest BCUT2D eigenvalue weighted by molar-refractivity contribution is -0.163. The predicted octanol–water partition coefficient (Wildman–Crippen LogP) is 2.71. The van der Waals surface area contributed by atoms with Crippen molar-refractivity contribution in [2.24, 2.45) is 23.1 Å². The normalized spacial score (nSPS) is 32.6. The maximum atomic E-state index is 12.9. The molecule has 4 saturated carbocycles. The summed E-state index contributed by atoms with van der Waals surface area (Å²) in [5.74, 6) is 5.85. The van der Waals surface area contributed by atoms with Crippen LogP contribution >= 0.6 is 0 Å². The van der Waals surface area contributed by atoms with Gasteiger partial charge in [0.15, 0.2) is 11.6 Å². The van der Waals surface area contributed by atoms with Crippen molar-refractivity contribution in [2.45, 2.75) is 44.9 Å². The quantitative estimate of drug-likeness (QED) is 0.688. The molecule has 0 aromatic heterocycles. The zero-order chi connectivity index (χ0) is 15.6. The summed E-state index contributed by atoms with van der Waals surface area (Å²) in [5, 5.41) is 0. The van der Waals surface area contributed by atoms with E-state index in [2.05, 4.69) is 0 Å². The molecule has 2 atom stereocenters. The maximum Gasteiger partial charge on any atom is 0.151 e. The summed E-state index contributed by atoms with van der Waals surface area (Å²) in [6.45, 7) is 4.08. The molecule has 5 rings (SSSR count). The minimum atomic E-state index is -0.609. The van der Waals surface area contributed by atoms with Gasteiger partial charge in [0.2, 0.25) is 0 Å². The lowest BCUT2D eigenvalue weighted by atomic mass is 9.45. The van der Waals surface area contributed by atoms with E-state index in [1.165, 1.54) is 0 Å². The van der Waals surface area contributed by atoms with Crippen LogP contribution in [0.15, 0.2) is 18.2 Å². The average molecular weight is 299 g/mol. The van der Waals surface area contributed by atoms with Gasteiger partial charge >= 0.3 is 0 Å². The second-order valence-electron chi connectivity index (χ2n) is 7.58. The summed E-state index contributed by atoms with van der Waals surface area (Å²) in [5.41, 5.74) is 1.80. The Hall–Kier alpha value is -1.68. The highest BCUT2D eigenvalue weighted by molar-refractivity contribution is 6.14. The van der Waals surface area contributed by atoms with E-state index < -0.39 is 5.92 Å². The van der Waals surface area contributed by atoms with Crippen LogP contribution in [0.4, 0.5) is 0 Å². The molecule has 2 N–H and O–H groups in total. The monoisotopic (exact) mass is 299 g/mol. The van der Waals surface area contributed by atoms with Gasteiger partial charge in [-0.3, -0.25) is 9.59 Å². The number of rotatable bonds is 3. The number of fused-ring (bicyclic) bond motifs is 2. The number of Topliss-reactive ketones (excluding diaryl/α,β-unsaturated/α-hetero) is 2. The Labute approximate surface area is 130 Å². The first-order chi connectivity index (χ1) is 10.4. The van der Waals surface area contributed by atoms with Crippen LogP contribution in [0.1, 0.15) is 56.1 Å². The molecule has 0 saturated heterocycles. The summed E-state index contributed by atoms with van der Waals surface area (Å²) >= 11 is 0. The van der Waals surface area contributed by atoms with E-state index >= 15 is 0 Å². The Balaban J connectivity index is 1.79. The third-order valence-corrected chi connectivity index (χ3v) is 6.05. The first-order valence-corrected chi connectivity index (χ1v) is 8.03. The van der Waals surface area contributed by atoms with Crippen LogP contribution in [0.3, 0.4) is 0 Å². The predicted molar refractivity (Wildman–Crippen MR) is 81.4 cm³/mol. The van der Waals surface area contributed by atoms with E-state index in [9.17, 15) is 9.59 Å². The number of benzene rings is 1. The summed E-state index contributed by atoms with van der Waals surface area (Å²) in [4.78, 5) is 30.6. The van der Waals surface area contributed by atoms with Gasteiger partial charge in [-0.1, -0.05) is 19.9 Å². The van der Waals surface area contributed by atoms with Crippen molar-refractivity contribution < 1.29 is 14.4 Å². The van der Waals surface area contributed by atoms with Gasteiger partial charge in [-0.25, -0.2) is 0 Å². The summed E-state index contributed by atoms with van der Waals surface area (Å²) < 4.78 is 0. The van der Waals surface area contributed by atoms with Crippen LogP contribution < -0.4 is 10.7 Å². The topological polar surface area (TPSA) is 69.4 Å². The van der Waals surface area contributed by atoms with Gasteiger partial charge in [-0.2, -0.15) is 5.90 Å². The molecule has 116 valence electrons. The standard InChI is InChI=1S/C18H21NO3/c1-18(2)13-8-14(18)17(21)15(16(13)20)12-7-10(22-19)5-6-11(12)9-3-4-9/h5-7,9,13-15H,3-4,8,19H2,1-2H3. The van der Waals surface area contributed by atoms with Gasteiger partial charge in [0.05, 0.1) is 0 Å². The number of nitrogens with two attached hydrogens (primary N) is 1. The highest BCUT2D eigenvalue weighted by atomic mass is 16.6. The smallest absolute Gasteiger partial charge is 0.151 e. The van der Waals surface area contributed by atoms with E-state index in [0.29, 0.717) is 11.7 Å². The van der Waals surface area contributed by atoms with Crippen LogP contribution in [-0.4, -0.2) is 11.6 Å². The van der Waals surface area contributed by atoms with Crippen LogP contribution in [0.2, 0.25) is 0 Å². The third kappa shape index (κ3) is 1.73. The molecule has 4 heteroatoms. The summed E-state index contributed by atoms with van der Waals surface area (Å²) in [6.07, 6.45) is 2.99. The van der Waals surface area contributed by atoms with Gasteiger partial charge in [-0.15, -0.1) is 0 Å². The number of carbonyl (C=O) groups excluding carboxylic acids is 2. The van der Waals surface area contributed by atoms with Gasteiger partial charge in [-0.05, 0) is 53.9 Å². The van der Waals surface area contributed by atoms with Gasteiger partial charge in [0.25, 0.3) is 0 Å². The average Bonchev–Trinajstić information content (AvgIpc) is 3.30. The van der Waals surface area contributed by atoms with E-state index in [1.807, 2.05) is 26.0 Å². The van der Waals surface area contributed by atoms with Crippen LogP contribution in [0.25, 0.3) is 0 Å². The molecule has 1 aromatic rings. The zero-order valence-corrected chi connectivity index (χ0v) is 13.0.